The predicted octanol–water partition coefficient (Wildman–Crippen LogP) is 1.28. The minimum absolute atomic E-state index is 0.108. The lowest BCUT2D eigenvalue weighted by Crippen LogP contribution is -2.09. The summed E-state index contributed by atoms with van der Waals surface area (Å²) in [5, 5.41) is 20.0. The molecule has 0 spiro atoms. The molecule has 1 aromatic carbocycles. The van der Waals surface area contributed by atoms with Crippen LogP contribution in [0.5, 0.6) is 5.75 Å². The smallest absolute Gasteiger partial charge is 0.328 e. The Labute approximate surface area is 92.0 Å². The van der Waals surface area contributed by atoms with Crippen molar-refractivity contribution >= 4 is 17.6 Å². The van der Waals surface area contributed by atoms with Gasteiger partial charge in [-0.05, 0) is 30.7 Å². The number of hydrogen-bond acceptors (Lipinski definition) is 3. The van der Waals surface area contributed by atoms with Gasteiger partial charge in [-0.3, -0.25) is 4.79 Å². The molecular formula is C11H11NO4. The SMILES string of the molecule is Cc1cc(O)ccc1NC(=O)/C=C\C(=O)O. The van der Waals surface area contributed by atoms with Gasteiger partial charge in [-0.2, -0.15) is 0 Å². The lowest BCUT2D eigenvalue weighted by atomic mass is 10.2. The third-order valence-corrected chi connectivity index (χ3v) is 1.85. The van der Waals surface area contributed by atoms with Crippen LogP contribution in [0.2, 0.25) is 0 Å². The summed E-state index contributed by atoms with van der Waals surface area (Å²) in [5.41, 5.74) is 1.22. The van der Waals surface area contributed by atoms with Crippen LogP contribution in [-0.2, 0) is 9.59 Å². The Kier molecular flexibility index (Phi) is 3.66. The Morgan fingerprint density at radius 3 is 2.56 bits per heavy atom. The number of aromatic hydroxyl groups is 1. The Morgan fingerprint density at radius 1 is 1.31 bits per heavy atom. The van der Waals surface area contributed by atoms with Gasteiger partial charge in [0, 0.05) is 17.8 Å². The molecule has 1 aromatic rings. The van der Waals surface area contributed by atoms with E-state index in [1.807, 2.05) is 0 Å². The van der Waals surface area contributed by atoms with E-state index in [1.165, 1.54) is 18.2 Å². The number of phenolic OH excluding ortho intramolecular Hbond substituents is 1. The van der Waals surface area contributed by atoms with Gasteiger partial charge in [0.1, 0.15) is 5.75 Å². The quantitative estimate of drug-likeness (QED) is 0.530. The highest BCUT2D eigenvalue weighted by Crippen LogP contribution is 2.19. The van der Waals surface area contributed by atoms with Crippen LogP contribution in [0.4, 0.5) is 5.69 Å². The molecular weight excluding hydrogens is 210 g/mol. The molecule has 84 valence electrons. The highest BCUT2D eigenvalue weighted by molar-refractivity contribution is 6.02. The minimum Gasteiger partial charge on any atom is -0.508 e. The van der Waals surface area contributed by atoms with Gasteiger partial charge in [0.2, 0.25) is 5.91 Å². The van der Waals surface area contributed by atoms with E-state index in [0.29, 0.717) is 11.3 Å². The number of carboxylic acid groups (broad SMARTS) is 1. The summed E-state index contributed by atoms with van der Waals surface area (Å²) >= 11 is 0. The molecule has 0 bridgehead atoms. The monoisotopic (exact) mass is 221 g/mol. The van der Waals surface area contributed by atoms with E-state index in [0.717, 1.165) is 12.2 Å². The number of hydrogen-bond donors (Lipinski definition) is 3. The van der Waals surface area contributed by atoms with Crippen molar-refractivity contribution in [2.24, 2.45) is 0 Å². The molecule has 0 aromatic heterocycles. The highest BCUT2D eigenvalue weighted by atomic mass is 16.4. The predicted molar refractivity (Wildman–Crippen MR) is 58.2 cm³/mol. The van der Waals surface area contributed by atoms with Gasteiger partial charge in [-0.25, -0.2) is 4.79 Å². The second-order valence-electron chi connectivity index (χ2n) is 3.16. The number of carboxylic acids is 1. The van der Waals surface area contributed by atoms with E-state index >= 15 is 0 Å². The third-order valence-electron chi connectivity index (χ3n) is 1.85. The standard InChI is InChI=1S/C11H11NO4/c1-7-6-8(13)2-3-9(7)12-10(14)4-5-11(15)16/h2-6,13H,1H3,(H,12,14)(H,15,16)/b5-4-. The summed E-state index contributed by atoms with van der Waals surface area (Å²) in [6, 6.07) is 4.47. The number of rotatable bonds is 3. The number of aryl methyl sites for hydroxylation is 1. The lowest BCUT2D eigenvalue weighted by Gasteiger charge is -2.06. The van der Waals surface area contributed by atoms with Crippen LogP contribution in [0, 0.1) is 6.92 Å². The normalized spacial score (nSPS) is 10.3. The van der Waals surface area contributed by atoms with Crippen LogP contribution in [0.25, 0.3) is 0 Å². The van der Waals surface area contributed by atoms with Gasteiger partial charge < -0.3 is 15.5 Å². The van der Waals surface area contributed by atoms with Crippen molar-refractivity contribution in [2.45, 2.75) is 6.92 Å². The Hall–Kier alpha value is -2.30. The molecule has 16 heavy (non-hydrogen) atoms. The van der Waals surface area contributed by atoms with Gasteiger partial charge in [0.15, 0.2) is 0 Å². The molecule has 1 amide bonds. The fourth-order valence-electron chi connectivity index (χ4n) is 1.11. The first-order valence-corrected chi connectivity index (χ1v) is 4.50. The number of amides is 1. The fraction of sp³-hybridized carbons (Fsp3) is 0.0909. The summed E-state index contributed by atoms with van der Waals surface area (Å²) in [4.78, 5) is 21.4. The van der Waals surface area contributed by atoms with Crippen molar-refractivity contribution in [3.63, 3.8) is 0 Å². The van der Waals surface area contributed by atoms with E-state index in [9.17, 15) is 9.59 Å². The van der Waals surface area contributed by atoms with Crippen LogP contribution in [0.1, 0.15) is 5.56 Å². The van der Waals surface area contributed by atoms with Crippen molar-refractivity contribution in [3.8, 4) is 5.75 Å². The van der Waals surface area contributed by atoms with Crippen LogP contribution < -0.4 is 5.32 Å². The molecule has 0 atom stereocenters. The van der Waals surface area contributed by atoms with Gasteiger partial charge in [0.05, 0.1) is 0 Å². The fourth-order valence-corrected chi connectivity index (χ4v) is 1.11. The van der Waals surface area contributed by atoms with Crippen LogP contribution >= 0.6 is 0 Å². The number of nitrogens with one attached hydrogen (secondary N) is 1. The van der Waals surface area contributed by atoms with Crippen LogP contribution in [-0.4, -0.2) is 22.1 Å². The first-order chi connectivity index (χ1) is 7.49. The molecule has 0 saturated carbocycles. The first kappa shape index (κ1) is 11.8. The lowest BCUT2D eigenvalue weighted by molar-refractivity contribution is -0.131. The number of carbonyl (C=O) groups excluding carboxylic acids is 1. The second-order valence-corrected chi connectivity index (χ2v) is 3.16. The van der Waals surface area contributed by atoms with E-state index in [4.69, 9.17) is 10.2 Å². The zero-order valence-corrected chi connectivity index (χ0v) is 8.60. The zero-order valence-electron chi connectivity index (χ0n) is 8.60. The molecule has 0 aliphatic carbocycles. The van der Waals surface area contributed by atoms with Gasteiger partial charge in [0.25, 0.3) is 0 Å². The molecule has 0 radical (unpaired) electrons. The summed E-state index contributed by atoms with van der Waals surface area (Å²) in [6.45, 7) is 1.72. The minimum atomic E-state index is -1.18. The van der Waals surface area contributed by atoms with Crippen molar-refractivity contribution in [2.75, 3.05) is 5.32 Å². The van der Waals surface area contributed by atoms with E-state index in [1.54, 1.807) is 6.92 Å². The third kappa shape index (κ3) is 3.45. The maximum absolute atomic E-state index is 11.2. The van der Waals surface area contributed by atoms with Crippen LogP contribution in [0.3, 0.4) is 0 Å². The van der Waals surface area contributed by atoms with Crippen molar-refractivity contribution in [3.05, 3.63) is 35.9 Å². The summed E-state index contributed by atoms with van der Waals surface area (Å²) in [5.74, 6) is -1.61. The average molecular weight is 221 g/mol. The van der Waals surface area contributed by atoms with Crippen LogP contribution in [0.15, 0.2) is 30.4 Å². The molecule has 5 heteroatoms. The number of benzene rings is 1. The van der Waals surface area contributed by atoms with E-state index in [2.05, 4.69) is 5.32 Å². The molecule has 1 rings (SSSR count). The molecule has 0 aliphatic heterocycles. The second kappa shape index (κ2) is 4.97. The Bertz CT molecular complexity index is 451. The largest absolute Gasteiger partial charge is 0.508 e. The van der Waals surface area contributed by atoms with Crippen molar-refractivity contribution in [1.29, 1.82) is 0 Å². The van der Waals surface area contributed by atoms with Crippen molar-refractivity contribution in [1.82, 2.24) is 0 Å². The number of aliphatic carboxylic acids is 1. The van der Waals surface area contributed by atoms with Gasteiger partial charge in [-0.15, -0.1) is 0 Å². The average Bonchev–Trinajstić information content (AvgIpc) is 2.19. The Balaban J connectivity index is 2.73. The number of anilines is 1. The molecule has 0 fully saturated rings. The summed E-state index contributed by atoms with van der Waals surface area (Å²) in [7, 11) is 0. The molecule has 3 N–H and O–H groups in total. The maximum atomic E-state index is 11.2. The van der Waals surface area contributed by atoms with E-state index in [-0.39, 0.29) is 5.75 Å². The molecule has 0 heterocycles. The molecule has 0 aliphatic rings. The number of phenols is 1. The first-order valence-electron chi connectivity index (χ1n) is 4.50. The Morgan fingerprint density at radius 2 is 2.00 bits per heavy atom. The topological polar surface area (TPSA) is 86.6 Å². The molecule has 0 saturated heterocycles. The van der Waals surface area contributed by atoms with Gasteiger partial charge in [-0.1, -0.05) is 0 Å². The molecule has 0 unspecified atom stereocenters. The van der Waals surface area contributed by atoms with Gasteiger partial charge >= 0.3 is 5.97 Å². The summed E-state index contributed by atoms with van der Waals surface area (Å²) < 4.78 is 0. The number of carbonyl (C=O) groups is 2. The maximum Gasteiger partial charge on any atom is 0.328 e. The highest BCUT2D eigenvalue weighted by Gasteiger charge is 2.02. The summed E-state index contributed by atoms with van der Waals surface area (Å²) in [6.07, 6.45) is 1.68. The van der Waals surface area contributed by atoms with E-state index < -0.39 is 11.9 Å². The van der Waals surface area contributed by atoms with Crippen molar-refractivity contribution < 1.29 is 19.8 Å². The zero-order chi connectivity index (χ0) is 12.1. The molecule has 5 nitrogen and oxygen atoms in total.